The van der Waals surface area contributed by atoms with Crippen molar-refractivity contribution in [3.63, 3.8) is 0 Å². The average molecular weight is 218 g/mol. The molecule has 15 heavy (non-hydrogen) atoms. The Hall–Kier alpha value is -1.52. The van der Waals surface area contributed by atoms with Gasteiger partial charge in [-0.05, 0) is 19.1 Å². The molecule has 0 spiro atoms. The maximum Gasteiger partial charge on any atom is 0.300 e. The number of ether oxygens (including phenoxy) is 1. The average Bonchev–Trinajstić information content (AvgIpc) is 2.20. The van der Waals surface area contributed by atoms with Gasteiger partial charge in [0.05, 0.1) is 12.2 Å². The number of halogens is 3. The molecule has 0 aliphatic rings. The SMILES string of the molecule is CCOc1cccc(C(=O)C(F)F)c1F. The van der Waals surface area contributed by atoms with Gasteiger partial charge in [0.15, 0.2) is 11.6 Å². The summed E-state index contributed by atoms with van der Waals surface area (Å²) in [5.74, 6) is -2.76. The van der Waals surface area contributed by atoms with E-state index in [4.69, 9.17) is 4.74 Å². The highest BCUT2D eigenvalue weighted by Gasteiger charge is 2.23. The largest absolute Gasteiger partial charge is 0.491 e. The van der Waals surface area contributed by atoms with E-state index in [9.17, 15) is 18.0 Å². The standard InChI is InChI=1S/C10H9F3O2/c1-2-15-7-5-3-4-6(8(7)11)9(14)10(12)13/h3-5,10H,2H2,1H3. The van der Waals surface area contributed by atoms with E-state index < -0.39 is 23.6 Å². The Kier molecular flexibility index (Phi) is 3.71. The summed E-state index contributed by atoms with van der Waals surface area (Å²) in [5, 5.41) is 0. The minimum absolute atomic E-state index is 0.191. The first-order valence-electron chi connectivity index (χ1n) is 4.31. The highest BCUT2D eigenvalue weighted by molar-refractivity contribution is 5.99. The van der Waals surface area contributed by atoms with Gasteiger partial charge in [-0.15, -0.1) is 0 Å². The quantitative estimate of drug-likeness (QED) is 0.726. The van der Waals surface area contributed by atoms with E-state index in [0.29, 0.717) is 0 Å². The Morgan fingerprint density at radius 3 is 2.67 bits per heavy atom. The molecule has 0 unspecified atom stereocenters. The van der Waals surface area contributed by atoms with Crippen molar-refractivity contribution in [2.45, 2.75) is 13.3 Å². The maximum absolute atomic E-state index is 13.4. The molecule has 0 bridgehead atoms. The van der Waals surface area contributed by atoms with Crippen molar-refractivity contribution in [1.82, 2.24) is 0 Å². The van der Waals surface area contributed by atoms with Gasteiger partial charge in [-0.1, -0.05) is 6.07 Å². The first-order valence-corrected chi connectivity index (χ1v) is 4.31. The zero-order chi connectivity index (χ0) is 11.4. The van der Waals surface area contributed by atoms with Gasteiger partial charge in [0.25, 0.3) is 0 Å². The van der Waals surface area contributed by atoms with Crippen LogP contribution in [0.4, 0.5) is 13.2 Å². The Morgan fingerprint density at radius 2 is 2.13 bits per heavy atom. The van der Waals surface area contributed by atoms with Gasteiger partial charge in [0.1, 0.15) is 0 Å². The molecule has 0 heterocycles. The second kappa shape index (κ2) is 4.82. The first-order chi connectivity index (χ1) is 7.07. The molecule has 0 fully saturated rings. The van der Waals surface area contributed by atoms with E-state index >= 15 is 0 Å². The minimum atomic E-state index is -3.21. The predicted molar refractivity (Wildman–Crippen MR) is 47.9 cm³/mol. The molecule has 0 radical (unpaired) electrons. The molecule has 1 rings (SSSR count). The van der Waals surface area contributed by atoms with E-state index in [-0.39, 0.29) is 12.4 Å². The van der Waals surface area contributed by atoms with Crippen molar-refractivity contribution in [1.29, 1.82) is 0 Å². The van der Waals surface area contributed by atoms with Gasteiger partial charge in [-0.3, -0.25) is 4.79 Å². The number of rotatable bonds is 4. The van der Waals surface area contributed by atoms with E-state index in [1.54, 1.807) is 6.92 Å². The summed E-state index contributed by atoms with van der Waals surface area (Å²) in [5.41, 5.74) is -0.643. The molecule has 0 aliphatic heterocycles. The number of hydrogen-bond donors (Lipinski definition) is 0. The monoisotopic (exact) mass is 218 g/mol. The topological polar surface area (TPSA) is 26.3 Å². The van der Waals surface area contributed by atoms with Gasteiger partial charge < -0.3 is 4.74 Å². The van der Waals surface area contributed by atoms with Crippen LogP contribution in [0.2, 0.25) is 0 Å². The van der Waals surface area contributed by atoms with Gasteiger partial charge in [0.2, 0.25) is 5.78 Å². The third kappa shape index (κ3) is 2.49. The molecule has 1 aromatic rings. The third-order valence-electron chi connectivity index (χ3n) is 1.73. The predicted octanol–water partition coefficient (Wildman–Crippen LogP) is 2.67. The molecular formula is C10H9F3O2. The van der Waals surface area contributed by atoms with Crippen molar-refractivity contribution in [3.8, 4) is 5.75 Å². The lowest BCUT2D eigenvalue weighted by Crippen LogP contribution is -2.13. The van der Waals surface area contributed by atoms with Crippen LogP contribution in [0.15, 0.2) is 18.2 Å². The fourth-order valence-electron chi connectivity index (χ4n) is 1.09. The Labute approximate surface area is 84.7 Å². The van der Waals surface area contributed by atoms with E-state index in [0.717, 1.165) is 6.07 Å². The molecular weight excluding hydrogens is 209 g/mol. The molecule has 0 aromatic heterocycles. The second-order valence-electron chi connectivity index (χ2n) is 2.72. The van der Waals surface area contributed by atoms with Crippen LogP contribution in [0.1, 0.15) is 17.3 Å². The third-order valence-corrected chi connectivity index (χ3v) is 1.73. The van der Waals surface area contributed by atoms with Crippen molar-refractivity contribution < 1.29 is 22.7 Å². The van der Waals surface area contributed by atoms with E-state index in [1.807, 2.05) is 0 Å². The fraction of sp³-hybridized carbons (Fsp3) is 0.300. The number of hydrogen-bond acceptors (Lipinski definition) is 2. The molecule has 0 saturated carbocycles. The number of carbonyl (C=O) groups is 1. The van der Waals surface area contributed by atoms with Crippen molar-refractivity contribution >= 4 is 5.78 Å². The molecule has 0 amide bonds. The zero-order valence-electron chi connectivity index (χ0n) is 7.97. The lowest BCUT2D eigenvalue weighted by atomic mass is 10.1. The summed E-state index contributed by atoms with van der Waals surface area (Å²) in [6.45, 7) is 1.82. The Balaban J connectivity index is 3.09. The zero-order valence-corrected chi connectivity index (χ0v) is 7.97. The molecule has 82 valence electrons. The lowest BCUT2D eigenvalue weighted by Gasteiger charge is -2.07. The van der Waals surface area contributed by atoms with Crippen LogP contribution in [0.5, 0.6) is 5.75 Å². The van der Waals surface area contributed by atoms with E-state index in [2.05, 4.69) is 0 Å². The number of benzene rings is 1. The second-order valence-corrected chi connectivity index (χ2v) is 2.72. The minimum Gasteiger partial charge on any atom is -0.491 e. The molecule has 5 heteroatoms. The van der Waals surface area contributed by atoms with Gasteiger partial charge in [0, 0.05) is 0 Å². The summed E-state index contributed by atoms with van der Waals surface area (Å²) in [4.78, 5) is 10.9. The van der Waals surface area contributed by atoms with Crippen LogP contribution >= 0.6 is 0 Å². The highest BCUT2D eigenvalue weighted by Crippen LogP contribution is 2.22. The van der Waals surface area contributed by atoms with Crippen LogP contribution in [0, 0.1) is 5.82 Å². The summed E-state index contributed by atoms with van der Waals surface area (Å²) < 4.78 is 42.3. The van der Waals surface area contributed by atoms with Crippen LogP contribution in [-0.4, -0.2) is 18.8 Å². The smallest absolute Gasteiger partial charge is 0.300 e. The van der Waals surface area contributed by atoms with Crippen LogP contribution in [0.3, 0.4) is 0 Å². The van der Waals surface area contributed by atoms with Crippen LogP contribution in [-0.2, 0) is 0 Å². The van der Waals surface area contributed by atoms with Gasteiger partial charge >= 0.3 is 6.43 Å². The summed E-state index contributed by atoms with van der Waals surface area (Å²) >= 11 is 0. The van der Waals surface area contributed by atoms with Gasteiger partial charge in [-0.25, -0.2) is 13.2 Å². The van der Waals surface area contributed by atoms with Crippen molar-refractivity contribution in [2.24, 2.45) is 0 Å². The van der Waals surface area contributed by atoms with Crippen LogP contribution < -0.4 is 4.74 Å². The van der Waals surface area contributed by atoms with Crippen molar-refractivity contribution in [3.05, 3.63) is 29.6 Å². The molecule has 1 aromatic carbocycles. The molecule has 0 atom stereocenters. The number of Topliss-reactive ketones (excluding diaryl/α,β-unsaturated/α-hetero) is 1. The fourth-order valence-corrected chi connectivity index (χ4v) is 1.09. The van der Waals surface area contributed by atoms with Crippen molar-refractivity contribution in [2.75, 3.05) is 6.61 Å². The number of carbonyl (C=O) groups excluding carboxylic acids is 1. The maximum atomic E-state index is 13.4. The van der Waals surface area contributed by atoms with Crippen LogP contribution in [0.25, 0.3) is 0 Å². The Morgan fingerprint density at radius 1 is 1.47 bits per heavy atom. The number of ketones is 1. The summed E-state index contributed by atoms with van der Waals surface area (Å²) in [7, 11) is 0. The normalized spacial score (nSPS) is 10.5. The summed E-state index contributed by atoms with van der Waals surface area (Å²) in [6.07, 6.45) is -3.21. The molecule has 0 N–H and O–H groups in total. The first kappa shape index (κ1) is 11.6. The van der Waals surface area contributed by atoms with Gasteiger partial charge in [-0.2, -0.15) is 0 Å². The molecule has 0 saturated heterocycles. The number of alkyl halides is 2. The lowest BCUT2D eigenvalue weighted by molar-refractivity contribution is 0.0673. The highest BCUT2D eigenvalue weighted by atomic mass is 19.3. The molecule has 0 aliphatic carbocycles. The molecule has 2 nitrogen and oxygen atoms in total. The van der Waals surface area contributed by atoms with E-state index in [1.165, 1.54) is 12.1 Å². The summed E-state index contributed by atoms with van der Waals surface area (Å²) in [6, 6.07) is 3.58. The Bertz CT molecular complexity index is 364.